The molecule has 0 fully saturated rings. The summed E-state index contributed by atoms with van der Waals surface area (Å²) in [4.78, 5) is 0. The second kappa shape index (κ2) is 5.29. The summed E-state index contributed by atoms with van der Waals surface area (Å²) in [6.07, 6.45) is 2.65. The van der Waals surface area contributed by atoms with Crippen molar-refractivity contribution in [2.45, 2.75) is 19.4 Å². The quantitative estimate of drug-likeness (QED) is 0.638. The van der Waals surface area contributed by atoms with Crippen molar-refractivity contribution < 1.29 is 4.39 Å². The first kappa shape index (κ1) is 12.7. The van der Waals surface area contributed by atoms with Crippen molar-refractivity contribution >= 4 is 0 Å². The largest absolute Gasteiger partial charge is 0.275 e. The second-order valence-electron chi connectivity index (χ2n) is 4.39. The van der Waals surface area contributed by atoms with Crippen molar-refractivity contribution in [1.82, 2.24) is 15.2 Å². The molecule has 5 heteroatoms. The molecule has 18 heavy (non-hydrogen) atoms. The topological polar surface area (TPSA) is 55.9 Å². The number of halogens is 1. The van der Waals surface area contributed by atoms with E-state index in [1.165, 1.54) is 12.1 Å². The fourth-order valence-corrected chi connectivity index (χ4v) is 2.07. The first-order chi connectivity index (χ1) is 8.60. The molecule has 1 heterocycles. The third-order valence-corrected chi connectivity index (χ3v) is 2.98. The maximum atomic E-state index is 12.8. The lowest BCUT2D eigenvalue weighted by molar-refractivity contribution is 0.548. The van der Waals surface area contributed by atoms with Gasteiger partial charge in [0.05, 0.1) is 11.7 Å². The van der Waals surface area contributed by atoms with E-state index >= 15 is 0 Å². The van der Waals surface area contributed by atoms with Gasteiger partial charge in [0.1, 0.15) is 5.82 Å². The van der Waals surface area contributed by atoms with Gasteiger partial charge in [-0.15, -0.1) is 0 Å². The fraction of sp³-hybridized carbons (Fsp3) is 0.308. The van der Waals surface area contributed by atoms with Gasteiger partial charge in [-0.2, -0.15) is 5.10 Å². The molecule has 0 aliphatic carbocycles. The number of rotatable bonds is 4. The van der Waals surface area contributed by atoms with Gasteiger partial charge in [-0.3, -0.25) is 16.0 Å². The van der Waals surface area contributed by atoms with Crippen LogP contribution in [0.25, 0.3) is 0 Å². The van der Waals surface area contributed by atoms with Crippen LogP contribution >= 0.6 is 0 Å². The van der Waals surface area contributed by atoms with E-state index in [0.29, 0.717) is 6.42 Å². The highest BCUT2D eigenvalue weighted by Gasteiger charge is 2.15. The van der Waals surface area contributed by atoms with Crippen LogP contribution in [-0.2, 0) is 13.5 Å². The Balaban J connectivity index is 2.19. The van der Waals surface area contributed by atoms with Gasteiger partial charge in [0, 0.05) is 18.8 Å². The Labute approximate surface area is 106 Å². The standard InChI is InChI=1S/C13H17FN4/c1-9-12(8-18(2)17-9)13(16-15)7-10-3-5-11(14)6-4-10/h3-6,8,13,16H,7,15H2,1-2H3. The van der Waals surface area contributed by atoms with Crippen LogP contribution in [0.3, 0.4) is 0 Å². The number of nitrogens with zero attached hydrogens (tertiary/aromatic N) is 2. The first-order valence-corrected chi connectivity index (χ1v) is 5.81. The zero-order chi connectivity index (χ0) is 13.1. The van der Waals surface area contributed by atoms with Crippen molar-refractivity contribution in [2.75, 3.05) is 0 Å². The van der Waals surface area contributed by atoms with Gasteiger partial charge in [0.15, 0.2) is 0 Å². The Hall–Kier alpha value is -1.72. The van der Waals surface area contributed by atoms with E-state index in [9.17, 15) is 4.39 Å². The van der Waals surface area contributed by atoms with Gasteiger partial charge in [-0.05, 0) is 31.0 Å². The van der Waals surface area contributed by atoms with E-state index in [2.05, 4.69) is 10.5 Å². The van der Waals surface area contributed by atoms with Crippen molar-refractivity contribution in [3.63, 3.8) is 0 Å². The van der Waals surface area contributed by atoms with Gasteiger partial charge < -0.3 is 0 Å². The molecule has 0 spiro atoms. The molecule has 1 unspecified atom stereocenters. The van der Waals surface area contributed by atoms with Crippen molar-refractivity contribution in [3.8, 4) is 0 Å². The molecular formula is C13H17FN4. The molecule has 1 aromatic carbocycles. The molecular weight excluding hydrogens is 231 g/mol. The molecule has 1 aromatic heterocycles. The molecule has 0 saturated carbocycles. The van der Waals surface area contributed by atoms with Crippen LogP contribution in [-0.4, -0.2) is 9.78 Å². The highest BCUT2D eigenvalue weighted by atomic mass is 19.1. The predicted molar refractivity (Wildman–Crippen MR) is 68.1 cm³/mol. The van der Waals surface area contributed by atoms with Crippen molar-refractivity contribution in [1.29, 1.82) is 0 Å². The Kier molecular flexibility index (Phi) is 3.74. The Bertz CT molecular complexity index is 518. The van der Waals surface area contributed by atoms with Gasteiger partial charge >= 0.3 is 0 Å². The van der Waals surface area contributed by atoms with E-state index in [-0.39, 0.29) is 11.9 Å². The molecule has 2 aromatic rings. The third-order valence-electron chi connectivity index (χ3n) is 2.98. The summed E-state index contributed by atoms with van der Waals surface area (Å²) in [5.41, 5.74) is 5.83. The minimum atomic E-state index is -0.228. The summed E-state index contributed by atoms with van der Waals surface area (Å²) >= 11 is 0. The predicted octanol–water partition coefficient (Wildman–Crippen LogP) is 1.61. The van der Waals surface area contributed by atoms with Crippen LogP contribution in [0.4, 0.5) is 4.39 Å². The van der Waals surface area contributed by atoms with Crippen LogP contribution < -0.4 is 11.3 Å². The Morgan fingerprint density at radius 2 is 2.06 bits per heavy atom. The van der Waals surface area contributed by atoms with E-state index in [1.807, 2.05) is 20.2 Å². The SMILES string of the molecule is Cc1nn(C)cc1C(Cc1ccc(F)cc1)NN. The zero-order valence-electron chi connectivity index (χ0n) is 10.5. The number of hydrogen-bond acceptors (Lipinski definition) is 3. The van der Waals surface area contributed by atoms with Crippen molar-refractivity contribution in [3.05, 3.63) is 53.1 Å². The molecule has 0 bridgehead atoms. The fourth-order valence-electron chi connectivity index (χ4n) is 2.07. The summed E-state index contributed by atoms with van der Waals surface area (Å²) in [5.74, 6) is 5.37. The minimum Gasteiger partial charge on any atom is -0.275 e. The monoisotopic (exact) mass is 248 g/mol. The first-order valence-electron chi connectivity index (χ1n) is 5.81. The van der Waals surface area contributed by atoms with Crippen LogP contribution in [0.5, 0.6) is 0 Å². The Morgan fingerprint density at radius 3 is 2.56 bits per heavy atom. The molecule has 96 valence electrons. The summed E-state index contributed by atoms with van der Waals surface area (Å²) in [6.45, 7) is 1.95. The maximum absolute atomic E-state index is 12.8. The molecule has 3 N–H and O–H groups in total. The third kappa shape index (κ3) is 2.75. The number of benzene rings is 1. The lowest BCUT2D eigenvalue weighted by Gasteiger charge is -2.15. The average molecular weight is 248 g/mol. The minimum absolute atomic E-state index is 0.0239. The summed E-state index contributed by atoms with van der Waals surface area (Å²) in [5, 5.41) is 4.30. The van der Waals surface area contributed by atoms with Crippen molar-refractivity contribution in [2.24, 2.45) is 12.9 Å². The van der Waals surface area contributed by atoms with Gasteiger partial charge in [0.2, 0.25) is 0 Å². The van der Waals surface area contributed by atoms with E-state index in [1.54, 1.807) is 16.8 Å². The lowest BCUT2D eigenvalue weighted by atomic mass is 10.0. The molecule has 4 nitrogen and oxygen atoms in total. The van der Waals surface area contributed by atoms with Crippen LogP contribution in [0.1, 0.15) is 22.9 Å². The highest BCUT2D eigenvalue weighted by molar-refractivity contribution is 5.24. The molecule has 1 atom stereocenters. The van der Waals surface area contributed by atoms with E-state index < -0.39 is 0 Å². The number of hydrogen-bond donors (Lipinski definition) is 2. The number of hydrazine groups is 1. The number of aromatic nitrogens is 2. The highest BCUT2D eigenvalue weighted by Crippen LogP contribution is 2.20. The van der Waals surface area contributed by atoms with E-state index in [0.717, 1.165) is 16.8 Å². The second-order valence-corrected chi connectivity index (χ2v) is 4.39. The van der Waals surface area contributed by atoms with Gasteiger partial charge in [-0.25, -0.2) is 4.39 Å². The average Bonchev–Trinajstić information content (AvgIpc) is 2.68. The van der Waals surface area contributed by atoms with Crippen LogP contribution in [0.15, 0.2) is 30.5 Å². The Morgan fingerprint density at radius 1 is 1.39 bits per heavy atom. The molecule has 0 amide bonds. The smallest absolute Gasteiger partial charge is 0.123 e. The zero-order valence-corrected chi connectivity index (χ0v) is 10.5. The van der Waals surface area contributed by atoms with Crippen LogP contribution in [0, 0.1) is 12.7 Å². The molecule has 0 aliphatic heterocycles. The molecule has 0 aliphatic rings. The number of nitrogens with one attached hydrogen (secondary N) is 1. The summed E-state index contributed by atoms with van der Waals surface area (Å²) < 4.78 is 14.6. The lowest BCUT2D eigenvalue weighted by Crippen LogP contribution is -2.29. The summed E-state index contributed by atoms with van der Waals surface area (Å²) in [7, 11) is 1.88. The van der Waals surface area contributed by atoms with E-state index in [4.69, 9.17) is 5.84 Å². The molecule has 2 rings (SSSR count). The normalized spacial score (nSPS) is 12.7. The molecule has 0 saturated heterocycles. The maximum Gasteiger partial charge on any atom is 0.123 e. The van der Waals surface area contributed by atoms with Gasteiger partial charge in [0.25, 0.3) is 0 Å². The number of nitrogens with two attached hydrogens (primary N) is 1. The number of aryl methyl sites for hydroxylation is 2. The summed E-state index contributed by atoms with van der Waals surface area (Å²) in [6, 6.07) is 6.43. The van der Waals surface area contributed by atoms with Crippen LogP contribution in [0.2, 0.25) is 0 Å². The van der Waals surface area contributed by atoms with Gasteiger partial charge in [-0.1, -0.05) is 12.1 Å². The molecule has 0 radical (unpaired) electrons.